The Balaban J connectivity index is 1.32. The Morgan fingerprint density at radius 1 is 1.12 bits per heavy atom. The average molecular weight is 469 g/mol. The van der Waals surface area contributed by atoms with E-state index in [2.05, 4.69) is 21.5 Å². The second kappa shape index (κ2) is 9.38. The number of aromatic nitrogens is 2. The molecule has 10 heteroatoms. The predicted molar refractivity (Wildman–Crippen MR) is 122 cm³/mol. The number of carbonyl (C=O) groups is 1. The molecule has 1 saturated heterocycles. The maximum Gasteiger partial charge on any atom is 0.304 e. The zero-order valence-electron chi connectivity index (χ0n) is 18.6. The molecule has 1 fully saturated rings. The summed E-state index contributed by atoms with van der Waals surface area (Å²) in [5, 5.41) is 15.8. The highest BCUT2D eigenvalue weighted by Gasteiger charge is 2.27. The van der Waals surface area contributed by atoms with E-state index in [1.807, 2.05) is 21.9 Å². The van der Waals surface area contributed by atoms with E-state index >= 15 is 0 Å². The number of fused-ring (bicyclic) bond motifs is 1. The van der Waals surface area contributed by atoms with Crippen molar-refractivity contribution in [1.82, 2.24) is 15.5 Å². The van der Waals surface area contributed by atoms with Gasteiger partial charge in [-0.1, -0.05) is 12.1 Å². The number of nitrogens with zero attached hydrogens (tertiary/aromatic N) is 4. The van der Waals surface area contributed by atoms with Gasteiger partial charge in [0.05, 0.1) is 6.42 Å². The third-order valence-electron chi connectivity index (χ3n) is 6.25. The number of nitrogens with one attached hydrogen (secondary N) is 1. The van der Waals surface area contributed by atoms with Crippen LogP contribution in [-0.2, 0) is 17.8 Å². The molecular formula is C24H25F2N5O3. The van der Waals surface area contributed by atoms with Crippen molar-refractivity contribution >= 4 is 23.3 Å². The Kier molecular flexibility index (Phi) is 6.14. The van der Waals surface area contributed by atoms with Crippen LogP contribution in [0.25, 0.3) is 11.5 Å². The van der Waals surface area contributed by atoms with E-state index in [-0.39, 0.29) is 23.8 Å². The van der Waals surface area contributed by atoms with Crippen molar-refractivity contribution in [1.29, 1.82) is 0 Å². The topological polar surface area (TPSA) is 94.7 Å². The van der Waals surface area contributed by atoms with Crippen molar-refractivity contribution in [2.24, 2.45) is 0 Å². The Morgan fingerprint density at radius 2 is 1.88 bits per heavy atom. The lowest BCUT2D eigenvalue weighted by molar-refractivity contribution is -0.136. The van der Waals surface area contributed by atoms with Gasteiger partial charge in [0.1, 0.15) is 17.2 Å². The number of rotatable bonds is 8. The highest BCUT2D eigenvalue weighted by molar-refractivity contribution is 5.68. The minimum absolute atomic E-state index is 0.0705. The number of benzene rings is 2. The van der Waals surface area contributed by atoms with E-state index in [1.54, 1.807) is 0 Å². The SMILES string of the molecule is O=C(O)CCNCc1ccc2c(c1)CCN2c1noc(-c2c(F)cc(N3CCCC3)cc2F)n1. The van der Waals surface area contributed by atoms with Crippen LogP contribution in [0.4, 0.5) is 26.1 Å². The molecule has 2 aliphatic heterocycles. The van der Waals surface area contributed by atoms with Crippen molar-refractivity contribution in [3.05, 3.63) is 53.1 Å². The van der Waals surface area contributed by atoms with Gasteiger partial charge in [-0.3, -0.25) is 4.79 Å². The van der Waals surface area contributed by atoms with E-state index in [1.165, 1.54) is 12.1 Å². The molecule has 0 spiro atoms. The number of aliphatic carboxylic acids is 1. The first-order chi connectivity index (χ1) is 16.5. The summed E-state index contributed by atoms with van der Waals surface area (Å²) in [6.45, 7) is 3.16. The quantitative estimate of drug-likeness (QED) is 0.480. The lowest BCUT2D eigenvalue weighted by Crippen LogP contribution is -2.18. The summed E-state index contributed by atoms with van der Waals surface area (Å²) < 4.78 is 34.9. The third kappa shape index (κ3) is 4.45. The number of anilines is 3. The zero-order chi connectivity index (χ0) is 23.7. The number of hydrogen-bond donors (Lipinski definition) is 2. The fourth-order valence-electron chi connectivity index (χ4n) is 4.55. The van der Waals surface area contributed by atoms with Crippen LogP contribution >= 0.6 is 0 Å². The molecule has 8 nitrogen and oxygen atoms in total. The largest absolute Gasteiger partial charge is 0.481 e. The lowest BCUT2D eigenvalue weighted by Gasteiger charge is -2.18. The average Bonchev–Trinajstić information content (AvgIpc) is 3.56. The molecule has 0 amide bonds. The molecule has 3 heterocycles. The first kappa shape index (κ1) is 22.3. The summed E-state index contributed by atoms with van der Waals surface area (Å²) in [5.41, 5.74) is 3.26. The molecule has 2 aromatic carbocycles. The van der Waals surface area contributed by atoms with Gasteiger partial charge >= 0.3 is 5.97 Å². The predicted octanol–water partition coefficient (Wildman–Crippen LogP) is 3.87. The Morgan fingerprint density at radius 3 is 2.62 bits per heavy atom. The Labute approximate surface area is 195 Å². The summed E-state index contributed by atoms with van der Waals surface area (Å²) in [6, 6.07) is 8.59. The third-order valence-corrected chi connectivity index (χ3v) is 6.25. The van der Waals surface area contributed by atoms with Gasteiger partial charge in [-0.05, 0) is 53.7 Å². The number of halogens is 2. The lowest BCUT2D eigenvalue weighted by atomic mass is 10.1. The van der Waals surface area contributed by atoms with Crippen LogP contribution in [0.5, 0.6) is 0 Å². The second-order valence-electron chi connectivity index (χ2n) is 8.56. The van der Waals surface area contributed by atoms with E-state index in [9.17, 15) is 13.6 Å². The number of hydrogen-bond acceptors (Lipinski definition) is 7. The van der Waals surface area contributed by atoms with E-state index in [0.29, 0.717) is 25.3 Å². The first-order valence-electron chi connectivity index (χ1n) is 11.4. The van der Waals surface area contributed by atoms with E-state index < -0.39 is 17.6 Å². The van der Waals surface area contributed by atoms with Crippen molar-refractivity contribution in [2.45, 2.75) is 32.2 Å². The normalized spacial score (nSPS) is 15.2. The first-order valence-corrected chi connectivity index (χ1v) is 11.4. The smallest absolute Gasteiger partial charge is 0.304 e. The van der Waals surface area contributed by atoms with Gasteiger partial charge in [0.2, 0.25) is 0 Å². The molecular weight excluding hydrogens is 444 g/mol. The highest BCUT2D eigenvalue weighted by atomic mass is 19.1. The van der Waals surface area contributed by atoms with Gasteiger partial charge in [0.15, 0.2) is 0 Å². The number of carboxylic acids is 1. The van der Waals surface area contributed by atoms with Crippen LogP contribution < -0.4 is 15.1 Å². The van der Waals surface area contributed by atoms with Gasteiger partial charge in [-0.25, -0.2) is 8.78 Å². The summed E-state index contributed by atoms with van der Waals surface area (Å²) >= 11 is 0. The maximum atomic E-state index is 14.8. The molecule has 0 bridgehead atoms. The van der Waals surface area contributed by atoms with Gasteiger partial charge in [-0.2, -0.15) is 4.98 Å². The van der Waals surface area contributed by atoms with E-state index in [0.717, 1.165) is 49.2 Å². The maximum absolute atomic E-state index is 14.8. The van der Waals surface area contributed by atoms with E-state index in [4.69, 9.17) is 9.63 Å². The Hall–Kier alpha value is -3.53. The van der Waals surface area contributed by atoms with Crippen molar-refractivity contribution in [3.8, 4) is 11.5 Å². The minimum Gasteiger partial charge on any atom is -0.481 e. The molecule has 2 aliphatic rings. The molecule has 1 aromatic heterocycles. The molecule has 178 valence electrons. The monoisotopic (exact) mass is 469 g/mol. The Bertz CT molecular complexity index is 1190. The molecule has 34 heavy (non-hydrogen) atoms. The fourth-order valence-corrected chi connectivity index (χ4v) is 4.55. The molecule has 0 radical (unpaired) electrons. The highest BCUT2D eigenvalue weighted by Crippen LogP contribution is 2.36. The summed E-state index contributed by atoms with van der Waals surface area (Å²) in [5.74, 6) is -2.22. The minimum atomic E-state index is -0.834. The molecule has 0 unspecified atom stereocenters. The summed E-state index contributed by atoms with van der Waals surface area (Å²) in [7, 11) is 0. The molecule has 5 rings (SSSR count). The zero-order valence-corrected chi connectivity index (χ0v) is 18.6. The molecule has 3 aromatic rings. The van der Waals surface area contributed by atoms with Gasteiger partial charge in [-0.15, -0.1) is 0 Å². The number of carboxylic acid groups (broad SMARTS) is 1. The van der Waals surface area contributed by atoms with Gasteiger partial charge in [0, 0.05) is 44.1 Å². The van der Waals surface area contributed by atoms with Crippen LogP contribution in [0.2, 0.25) is 0 Å². The van der Waals surface area contributed by atoms with Crippen molar-refractivity contribution in [3.63, 3.8) is 0 Å². The standard InChI is InChI=1S/C24H25F2N5O3/c25-18-12-17(30-8-1-2-9-30)13-19(26)22(18)23-28-24(29-34-23)31-10-6-16-11-15(3-4-20(16)31)14-27-7-5-21(32)33/h3-4,11-13,27H,1-2,5-10,14H2,(H,32,33). The summed E-state index contributed by atoms with van der Waals surface area (Å²) in [6.07, 6.45) is 2.85. The van der Waals surface area contributed by atoms with Crippen LogP contribution in [0.15, 0.2) is 34.9 Å². The molecule has 0 atom stereocenters. The van der Waals surface area contributed by atoms with Crippen LogP contribution in [0.1, 0.15) is 30.4 Å². The van der Waals surface area contributed by atoms with Crippen LogP contribution in [-0.4, -0.2) is 47.4 Å². The summed E-state index contributed by atoms with van der Waals surface area (Å²) in [4.78, 5) is 18.7. The van der Waals surface area contributed by atoms with Crippen molar-refractivity contribution < 1.29 is 23.2 Å². The van der Waals surface area contributed by atoms with Crippen LogP contribution in [0, 0.1) is 11.6 Å². The van der Waals surface area contributed by atoms with Gasteiger partial charge in [0.25, 0.3) is 11.8 Å². The van der Waals surface area contributed by atoms with Gasteiger partial charge < -0.3 is 24.7 Å². The van der Waals surface area contributed by atoms with Crippen molar-refractivity contribution in [2.75, 3.05) is 36.0 Å². The molecule has 0 saturated carbocycles. The second-order valence-corrected chi connectivity index (χ2v) is 8.56. The molecule has 2 N–H and O–H groups in total. The fraction of sp³-hybridized carbons (Fsp3) is 0.375. The van der Waals surface area contributed by atoms with Crippen LogP contribution in [0.3, 0.4) is 0 Å². The molecule has 0 aliphatic carbocycles.